The van der Waals surface area contributed by atoms with E-state index in [1.54, 1.807) is 0 Å². The Kier molecular flexibility index (Phi) is 5.53. The number of esters is 1. The number of rotatable bonds is 7. The first-order valence-corrected chi connectivity index (χ1v) is 4.18. The molecule has 90 valence electrons. The summed E-state index contributed by atoms with van der Waals surface area (Å²) < 4.78 is 4.29. The normalized spacial score (nSPS) is 11.5. The Hall–Kier alpha value is -2.12. The van der Waals surface area contributed by atoms with E-state index in [1.807, 2.05) is 0 Å². The van der Waals surface area contributed by atoms with Gasteiger partial charge >= 0.3 is 23.9 Å². The second kappa shape index (κ2) is 6.38. The van der Waals surface area contributed by atoms with Crippen LogP contribution in [0, 0.1) is 0 Å². The first-order valence-electron chi connectivity index (χ1n) is 4.18. The summed E-state index contributed by atoms with van der Waals surface area (Å²) in [5.41, 5.74) is 0. The van der Waals surface area contributed by atoms with Crippen LogP contribution in [0.1, 0.15) is 19.3 Å². The maximum atomic E-state index is 10.9. The summed E-state index contributed by atoms with van der Waals surface area (Å²) in [7, 11) is 0. The van der Waals surface area contributed by atoms with Crippen LogP contribution in [-0.4, -0.2) is 45.3 Å². The molecule has 8 nitrogen and oxygen atoms in total. The quantitative estimate of drug-likeness (QED) is 0.492. The minimum absolute atomic E-state index is 0.501. The minimum Gasteiger partial charge on any atom is -0.481 e. The molecule has 0 aliphatic rings. The fourth-order valence-corrected chi connectivity index (χ4v) is 0.765. The van der Waals surface area contributed by atoms with Gasteiger partial charge in [0.15, 0.2) is 0 Å². The van der Waals surface area contributed by atoms with Gasteiger partial charge in [0.2, 0.25) is 6.10 Å². The molecule has 0 bridgehead atoms. The van der Waals surface area contributed by atoms with Gasteiger partial charge in [0.05, 0.1) is 19.3 Å². The fourth-order valence-electron chi connectivity index (χ4n) is 0.765. The molecule has 0 rings (SSSR count). The van der Waals surface area contributed by atoms with Gasteiger partial charge in [-0.3, -0.25) is 14.4 Å². The molecular weight excluding hydrogens is 224 g/mol. The smallest absolute Gasteiger partial charge is 0.345 e. The number of carbonyl (C=O) groups is 4. The molecule has 1 atom stereocenters. The summed E-state index contributed by atoms with van der Waals surface area (Å²) in [6.07, 6.45) is -3.66. The average molecular weight is 234 g/mol. The number of hydrogen-bond donors (Lipinski definition) is 3. The number of aliphatic carboxylic acids is 3. The van der Waals surface area contributed by atoms with E-state index in [9.17, 15) is 19.2 Å². The van der Waals surface area contributed by atoms with Crippen molar-refractivity contribution >= 4 is 23.9 Å². The van der Waals surface area contributed by atoms with Crippen molar-refractivity contribution in [1.82, 2.24) is 0 Å². The number of carbonyl (C=O) groups excluding carboxylic acids is 1. The Labute approximate surface area is 89.4 Å². The van der Waals surface area contributed by atoms with Crippen molar-refractivity contribution in [2.24, 2.45) is 0 Å². The van der Waals surface area contributed by atoms with Crippen molar-refractivity contribution in [2.45, 2.75) is 25.4 Å². The fraction of sp³-hybridized carbons (Fsp3) is 0.500. The third-order valence-electron chi connectivity index (χ3n) is 1.45. The molecule has 0 spiro atoms. The molecule has 1 unspecified atom stereocenters. The second-order valence-corrected chi connectivity index (χ2v) is 2.81. The molecule has 0 aromatic rings. The van der Waals surface area contributed by atoms with Crippen molar-refractivity contribution in [1.29, 1.82) is 0 Å². The van der Waals surface area contributed by atoms with Gasteiger partial charge in [-0.05, 0) is 0 Å². The highest BCUT2D eigenvalue weighted by Gasteiger charge is 2.25. The Bertz CT molecular complexity index is 307. The Morgan fingerprint density at radius 3 is 1.88 bits per heavy atom. The van der Waals surface area contributed by atoms with E-state index in [4.69, 9.17) is 15.3 Å². The van der Waals surface area contributed by atoms with Gasteiger partial charge in [-0.15, -0.1) is 0 Å². The number of ether oxygens (including phenoxy) is 1. The molecule has 8 heteroatoms. The lowest BCUT2D eigenvalue weighted by molar-refractivity contribution is -0.167. The Balaban J connectivity index is 4.18. The first-order chi connectivity index (χ1) is 7.32. The van der Waals surface area contributed by atoms with Crippen LogP contribution in [0.25, 0.3) is 0 Å². The molecule has 0 aliphatic heterocycles. The Morgan fingerprint density at radius 1 is 0.938 bits per heavy atom. The number of carboxylic acid groups (broad SMARTS) is 3. The van der Waals surface area contributed by atoms with Gasteiger partial charge in [-0.1, -0.05) is 0 Å². The van der Waals surface area contributed by atoms with Crippen LogP contribution in [0.3, 0.4) is 0 Å². The Morgan fingerprint density at radius 2 is 1.50 bits per heavy atom. The third kappa shape index (κ3) is 6.35. The molecule has 0 fully saturated rings. The molecule has 0 aromatic carbocycles. The molecule has 0 radical (unpaired) electrons. The lowest BCUT2D eigenvalue weighted by atomic mass is 10.2. The van der Waals surface area contributed by atoms with Gasteiger partial charge in [-0.25, -0.2) is 4.79 Å². The van der Waals surface area contributed by atoms with E-state index in [-0.39, 0.29) is 0 Å². The maximum Gasteiger partial charge on any atom is 0.345 e. The summed E-state index contributed by atoms with van der Waals surface area (Å²) in [6.45, 7) is 0. The van der Waals surface area contributed by atoms with E-state index in [0.29, 0.717) is 0 Å². The standard InChI is InChI=1S/C8H10O8/c9-5(10)1-2-7(13)16-4(8(14)15)3-6(11)12/h4H,1-3H2,(H,9,10)(H,11,12)(H,14,15). The van der Waals surface area contributed by atoms with Crippen LogP contribution in [0.15, 0.2) is 0 Å². The SMILES string of the molecule is O=C(O)CCC(=O)OC(CC(=O)O)C(=O)O. The summed E-state index contributed by atoms with van der Waals surface area (Å²) in [6, 6.07) is 0. The van der Waals surface area contributed by atoms with Gasteiger partial charge in [0.25, 0.3) is 0 Å². The minimum atomic E-state index is -1.79. The maximum absolute atomic E-state index is 10.9. The van der Waals surface area contributed by atoms with E-state index in [2.05, 4.69) is 4.74 Å². The molecule has 3 N–H and O–H groups in total. The van der Waals surface area contributed by atoms with Crippen LogP contribution in [0.4, 0.5) is 0 Å². The van der Waals surface area contributed by atoms with Crippen LogP contribution < -0.4 is 0 Å². The van der Waals surface area contributed by atoms with Crippen molar-refractivity contribution in [3.63, 3.8) is 0 Å². The second-order valence-electron chi connectivity index (χ2n) is 2.81. The zero-order valence-corrected chi connectivity index (χ0v) is 8.08. The number of hydrogen-bond acceptors (Lipinski definition) is 5. The molecule has 16 heavy (non-hydrogen) atoms. The molecular formula is C8H10O8. The van der Waals surface area contributed by atoms with Gasteiger partial charge < -0.3 is 20.1 Å². The van der Waals surface area contributed by atoms with Crippen molar-refractivity contribution in [2.75, 3.05) is 0 Å². The zero-order valence-electron chi connectivity index (χ0n) is 8.08. The van der Waals surface area contributed by atoms with Crippen LogP contribution >= 0.6 is 0 Å². The van der Waals surface area contributed by atoms with Crippen molar-refractivity contribution < 1.29 is 39.2 Å². The van der Waals surface area contributed by atoms with Crippen LogP contribution in [-0.2, 0) is 23.9 Å². The van der Waals surface area contributed by atoms with Gasteiger partial charge in [0, 0.05) is 0 Å². The predicted molar refractivity (Wildman–Crippen MR) is 46.6 cm³/mol. The molecule has 0 saturated heterocycles. The monoisotopic (exact) mass is 234 g/mol. The highest BCUT2D eigenvalue weighted by molar-refractivity contribution is 5.83. The summed E-state index contributed by atoms with van der Waals surface area (Å²) in [5, 5.41) is 25.0. The van der Waals surface area contributed by atoms with Gasteiger partial charge in [-0.2, -0.15) is 0 Å². The first kappa shape index (κ1) is 13.9. The van der Waals surface area contributed by atoms with E-state index in [0.717, 1.165) is 0 Å². The number of carboxylic acids is 3. The third-order valence-corrected chi connectivity index (χ3v) is 1.45. The molecule has 0 heterocycles. The lowest BCUT2D eigenvalue weighted by Gasteiger charge is -2.10. The predicted octanol–water partition coefficient (Wildman–Crippen LogP) is -0.678. The average Bonchev–Trinajstić information content (AvgIpc) is 2.12. The summed E-state index contributed by atoms with van der Waals surface area (Å²) in [5.74, 6) is -5.32. The van der Waals surface area contributed by atoms with E-state index >= 15 is 0 Å². The van der Waals surface area contributed by atoms with E-state index in [1.165, 1.54) is 0 Å². The van der Waals surface area contributed by atoms with Gasteiger partial charge in [0.1, 0.15) is 0 Å². The van der Waals surface area contributed by atoms with Crippen LogP contribution in [0.2, 0.25) is 0 Å². The highest BCUT2D eigenvalue weighted by Crippen LogP contribution is 2.03. The van der Waals surface area contributed by atoms with Crippen LogP contribution in [0.5, 0.6) is 0 Å². The lowest BCUT2D eigenvalue weighted by Crippen LogP contribution is -2.29. The molecule has 0 aliphatic carbocycles. The van der Waals surface area contributed by atoms with Crippen molar-refractivity contribution in [3.05, 3.63) is 0 Å². The van der Waals surface area contributed by atoms with E-state index < -0.39 is 49.2 Å². The summed E-state index contributed by atoms with van der Waals surface area (Å²) >= 11 is 0. The molecule has 0 saturated carbocycles. The largest absolute Gasteiger partial charge is 0.481 e. The van der Waals surface area contributed by atoms with Crippen molar-refractivity contribution in [3.8, 4) is 0 Å². The summed E-state index contributed by atoms with van der Waals surface area (Å²) in [4.78, 5) is 41.6. The molecule has 0 amide bonds. The molecule has 0 aromatic heterocycles. The zero-order chi connectivity index (χ0) is 12.7. The highest BCUT2D eigenvalue weighted by atomic mass is 16.6. The topological polar surface area (TPSA) is 138 Å².